The third kappa shape index (κ3) is 2.59. The van der Waals surface area contributed by atoms with E-state index in [-0.39, 0.29) is 6.04 Å². The number of halogens is 1. The number of nitrogens with zero attached hydrogens (tertiary/aromatic N) is 2. The first-order valence-corrected chi connectivity index (χ1v) is 7.95. The Morgan fingerprint density at radius 2 is 2.25 bits per heavy atom. The SMILES string of the molecule is CC(N)Cc1c(Oc2ccccc2Br)nc2sccn12. The minimum Gasteiger partial charge on any atom is -0.436 e. The first kappa shape index (κ1) is 13.6. The zero-order chi connectivity index (χ0) is 14.1. The standard InChI is InChI=1S/C14H14BrN3OS/c1-9(16)8-11-13(17-14-18(11)6-7-20-14)19-12-5-3-2-4-10(12)15/h2-7,9H,8,16H2,1H3. The molecule has 0 amide bonds. The number of fused-ring (bicyclic) bond motifs is 1. The molecule has 20 heavy (non-hydrogen) atoms. The van der Waals surface area contributed by atoms with Crippen LogP contribution in [0.15, 0.2) is 40.3 Å². The molecule has 3 rings (SSSR count). The van der Waals surface area contributed by atoms with Gasteiger partial charge in [-0.2, -0.15) is 4.98 Å². The largest absolute Gasteiger partial charge is 0.436 e. The first-order chi connectivity index (χ1) is 9.65. The van der Waals surface area contributed by atoms with Crippen molar-refractivity contribution in [2.45, 2.75) is 19.4 Å². The van der Waals surface area contributed by atoms with E-state index in [9.17, 15) is 0 Å². The Hall–Kier alpha value is -1.37. The Kier molecular flexibility index (Phi) is 3.78. The normalized spacial score (nSPS) is 12.8. The van der Waals surface area contributed by atoms with Crippen molar-refractivity contribution in [3.63, 3.8) is 0 Å². The predicted octanol–water partition coefficient (Wildman–Crippen LogP) is 3.84. The van der Waals surface area contributed by atoms with Gasteiger partial charge >= 0.3 is 0 Å². The molecule has 0 fully saturated rings. The molecule has 0 saturated heterocycles. The lowest BCUT2D eigenvalue weighted by atomic mass is 10.2. The number of hydrogen-bond donors (Lipinski definition) is 1. The summed E-state index contributed by atoms with van der Waals surface area (Å²) in [6.45, 7) is 1.98. The monoisotopic (exact) mass is 351 g/mol. The van der Waals surface area contributed by atoms with Crippen molar-refractivity contribution in [1.29, 1.82) is 0 Å². The summed E-state index contributed by atoms with van der Waals surface area (Å²) in [5.74, 6) is 1.38. The summed E-state index contributed by atoms with van der Waals surface area (Å²) < 4.78 is 8.90. The average Bonchev–Trinajstić information content (AvgIpc) is 2.95. The van der Waals surface area contributed by atoms with E-state index in [0.29, 0.717) is 5.88 Å². The highest BCUT2D eigenvalue weighted by atomic mass is 79.9. The summed E-state index contributed by atoms with van der Waals surface area (Å²) >= 11 is 5.07. The molecule has 0 aliphatic rings. The molecule has 1 unspecified atom stereocenters. The van der Waals surface area contributed by atoms with Gasteiger partial charge in [-0.3, -0.25) is 4.40 Å². The van der Waals surface area contributed by atoms with Gasteiger partial charge in [0, 0.05) is 24.0 Å². The fraction of sp³-hybridized carbons (Fsp3) is 0.214. The summed E-state index contributed by atoms with van der Waals surface area (Å²) in [5, 5.41) is 2.01. The highest BCUT2D eigenvalue weighted by molar-refractivity contribution is 9.10. The van der Waals surface area contributed by atoms with E-state index < -0.39 is 0 Å². The van der Waals surface area contributed by atoms with Gasteiger partial charge in [0.2, 0.25) is 5.88 Å². The predicted molar refractivity (Wildman–Crippen MR) is 84.6 cm³/mol. The van der Waals surface area contributed by atoms with Crippen molar-refractivity contribution in [1.82, 2.24) is 9.38 Å². The minimum absolute atomic E-state index is 0.0522. The summed E-state index contributed by atoms with van der Waals surface area (Å²) in [6, 6.07) is 7.79. The molecule has 6 heteroatoms. The Labute approximate surface area is 129 Å². The van der Waals surface area contributed by atoms with E-state index in [4.69, 9.17) is 10.5 Å². The van der Waals surface area contributed by atoms with Crippen LogP contribution in [-0.2, 0) is 6.42 Å². The number of imidazole rings is 1. The molecule has 0 aliphatic heterocycles. The van der Waals surface area contributed by atoms with Gasteiger partial charge in [-0.1, -0.05) is 12.1 Å². The van der Waals surface area contributed by atoms with E-state index in [2.05, 4.69) is 20.9 Å². The molecule has 2 heterocycles. The number of aromatic nitrogens is 2. The second kappa shape index (κ2) is 5.55. The molecule has 3 aromatic rings. The average molecular weight is 352 g/mol. The second-order valence-corrected chi connectivity index (χ2v) is 6.36. The highest BCUT2D eigenvalue weighted by Gasteiger charge is 2.17. The van der Waals surface area contributed by atoms with Crippen molar-refractivity contribution < 1.29 is 4.74 Å². The van der Waals surface area contributed by atoms with Crippen LogP contribution >= 0.6 is 27.3 Å². The Morgan fingerprint density at radius 3 is 3.00 bits per heavy atom. The first-order valence-electron chi connectivity index (χ1n) is 6.27. The lowest BCUT2D eigenvalue weighted by Gasteiger charge is -2.09. The van der Waals surface area contributed by atoms with Crippen LogP contribution in [0.25, 0.3) is 4.96 Å². The lowest BCUT2D eigenvalue weighted by Crippen LogP contribution is -2.19. The molecule has 0 spiro atoms. The van der Waals surface area contributed by atoms with Crippen LogP contribution in [0.2, 0.25) is 0 Å². The van der Waals surface area contributed by atoms with Gasteiger partial charge in [0.25, 0.3) is 0 Å². The maximum atomic E-state index is 5.96. The van der Waals surface area contributed by atoms with E-state index in [0.717, 1.165) is 27.3 Å². The van der Waals surface area contributed by atoms with E-state index in [1.54, 1.807) is 11.3 Å². The van der Waals surface area contributed by atoms with Crippen LogP contribution in [0.3, 0.4) is 0 Å². The van der Waals surface area contributed by atoms with E-state index in [1.807, 2.05) is 47.2 Å². The van der Waals surface area contributed by atoms with Gasteiger partial charge in [0.1, 0.15) is 5.75 Å². The quantitative estimate of drug-likeness (QED) is 0.776. The van der Waals surface area contributed by atoms with Crippen LogP contribution in [-0.4, -0.2) is 15.4 Å². The van der Waals surface area contributed by atoms with Crippen LogP contribution in [0.4, 0.5) is 0 Å². The molecule has 4 nitrogen and oxygen atoms in total. The van der Waals surface area contributed by atoms with Crippen LogP contribution in [0, 0.1) is 0 Å². The van der Waals surface area contributed by atoms with E-state index >= 15 is 0 Å². The number of rotatable bonds is 4. The topological polar surface area (TPSA) is 52.5 Å². The maximum Gasteiger partial charge on any atom is 0.242 e. The summed E-state index contributed by atoms with van der Waals surface area (Å²) in [7, 11) is 0. The molecule has 2 N–H and O–H groups in total. The lowest BCUT2D eigenvalue weighted by molar-refractivity contribution is 0.454. The van der Waals surface area contributed by atoms with Crippen LogP contribution in [0.1, 0.15) is 12.6 Å². The van der Waals surface area contributed by atoms with Gasteiger partial charge < -0.3 is 10.5 Å². The van der Waals surface area contributed by atoms with Crippen molar-refractivity contribution in [2.24, 2.45) is 5.73 Å². The number of nitrogens with two attached hydrogens (primary N) is 1. The summed E-state index contributed by atoms with van der Waals surface area (Å²) in [5.41, 5.74) is 6.94. The molecule has 0 saturated carbocycles. The highest BCUT2D eigenvalue weighted by Crippen LogP contribution is 2.32. The molecular weight excluding hydrogens is 338 g/mol. The molecule has 1 atom stereocenters. The Bertz CT molecular complexity index is 735. The zero-order valence-electron chi connectivity index (χ0n) is 10.9. The molecule has 0 radical (unpaired) electrons. The van der Waals surface area contributed by atoms with Crippen molar-refractivity contribution in [3.8, 4) is 11.6 Å². The van der Waals surface area contributed by atoms with Gasteiger partial charge in [-0.05, 0) is 35.0 Å². The number of hydrogen-bond acceptors (Lipinski definition) is 4. The Morgan fingerprint density at radius 1 is 1.45 bits per heavy atom. The van der Waals surface area contributed by atoms with Crippen molar-refractivity contribution >= 4 is 32.2 Å². The smallest absolute Gasteiger partial charge is 0.242 e. The van der Waals surface area contributed by atoms with Gasteiger partial charge in [0.15, 0.2) is 4.96 Å². The minimum atomic E-state index is 0.0522. The zero-order valence-corrected chi connectivity index (χ0v) is 13.3. The molecule has 1 aromatic carbocycles. The summed E-state index contributed by atoms with van der Waals surface area (Å²) in [4.78, 5) is 5.46. The fourth-order valence-electron chi connectivity index (χ4n) is 2.02. The molecular formula is C14H14BrN3OS. The maximum absolute atomic E-state index is 5.96. The molecule has 2 aromatic heterocycles. The Balaban J connectivity index is 2.02. The fourth-order valence-corrected chi connectivity index (χ4v) is 3.11. The number of thiazole rings is 1. The number of para-hydroxylation sites is 1. The number of ether oxygens (including phenoxy) is 1. The second-order valence-electron chi connectivity index (χ2n) is 4.63. The van der Waals surface area contributed by atoms with Gasteiger partial charge in [0.05, 0.1) is 10.2 Å². The van der Waals surface area contributed by atoms with Crippen LogP contribution in [0.5, 0.6) is 11.6 Å². The van der Waals surface area contributed by atoms with Gasteiger partial charge in [-0.15, -0.1) is 11.3 Å². The molecule has 0 bridgehead atoms. The number of benzene rings is 1. The van der Waals surface area contributed by atoms with Crippen LogP contribution < -0.4 is 10.5 Å². The molecule has 104 valence electrons. The third-order valence-electron chi connectivity index (χ3n) is 2.88. The van der Waals surface area contributed by atoms with Gasteiger partial charge in [-0.25, -0.2) is 0 Å². The van der Waals surface area contributed by atoms with Crippen molar-refractivity contribution in [2.75, 3.05) is 0 Å². The third-order valence-corrected chi connectivity index (χ3v) is 4.29. The van der Waals surface area contributed by atoms with Crippen molar-refractivity contribution in [3.05, 3.63) is 46.0 Å². The molecule has 0 aliphatic carbocycles. The summed E-state index contributed by atoms with van der Waals surface area (Å²) in [6.07, 6.45) is 2.72. The van der Waals surface area contributed by atoms with E-state index in [1.165, 1.54) is 0 Å².